The first-order valence-corrected chi connectivity index (χ1v) is 5.08. The van der Waals surface area contributed by atoms with Crippen LogP contribution in [0, 0.1) is 0 Å². The molecule has 0 N–H and O–H groups in total. The van der Waals surface area contributed by atoms with E-state index in [-0.39, 0.29) is 24.3 Å². The second kappa shape index (κ2) is 3.73. The van der Waals surface area contributed by atoms with Crippen molar-refractivity contribution in [1.29, 1.82) is 0 Å². The van der Waals surface area contributed by atoms with Crippen LogP contribution < -0.4 is 0 Å². The van der Waals surface area contributed by atoms with Gasteiger partial charge in [-0.2, -0.15) is 0 Å². The van der Waals surface area contributed by atoms with Gasteiger partial charge in [-0.25, -0.2) is 0 Å². The fourth-order valence-electron chi connectivity index (χ4n) is 1.90. The maximum Gasteiger partial charge on any atom is 0.303 e. The van der Waals surface area contributed by atoms with Crippen molar-refractivity contribution in [3.63, 3.8) is 0 Å². The van der Waals surface area contributed by atoms with Gasteiger partial charge in [-0.1, -0.05) is 0 Å². The molecular weight excluding hydrogens is 200 g/mol. The average molecular weight is 216 g/mol. The lowest BCUT2D eigenvalue weighted by Gasteiger charge is -2.38. The number of carbonyl (C=O) groups excluding carboxylic acids is 1. The van der Waals surface area contributed by atoms with Crippen molar-refractivity contribution in [2.45, 2.75) is 44.9 Å². The molecule has 15 heavy (non-hydrogen) atoms. The molecule has 0 spiro atoms. The van der Waals surface area contributed by atoms with E-state index >= 15 is 0 Å². The Morgan fingerprint density at radius 3 is 2.80 bits per heavy atom. The van der Waals surface area contributed by atoms with E-state index in [9.17, 15) is 4.79 Å². The molecule has 0 aromatic rings. The van der Waals surface area contributed by atoms with Crippen LogP contribution in [0.5, 0.6) is 0 Å². The van der Waals surface area contributed by atoms with Crippen molar-refractivity contribution in [3.8, 4) is 0 Å². The molecule has 0 aromatic heterocycles. The third-order valence-electron chi connectivity index (χ3n) is 2.54. The van der Waals surface area contributed by atoms with Gasteiger partial charge >= 0.3 is 5.97 Å². The van der Waals surface area contributed by atoms with Gasteiger partial charge in [0.05, 0.1) is 13.2 Å². The molecule has 2 saturated heterocycles. The van der Waals surface area contributed by atoms with Gasteiger partial charge < -0.3 is 18.9 Å². The van der Waals surface area contributed by atoms with Crippen LogP contribution in [0.25, 0.3) is 0 Å². The Kier molecular flexibility index (Phi) is 2.70. The molecule has 0 saturated carbocycles. The minimum atomic E-state index is -0.632. The summed E-state index contributed by atoms with van der Waals surface area (Å²) in [4.78, 5) is 10.9. The highest BCUT2D eigenvalue weighted by Crippen LogP contribution is 2.31. The van der Waals surface area contributed by atoms with Crippen molar-refractivity contribution < 1.29 is 23.7 Å². The molecule has 86 valence electrons. The number of hydrogen-bond acceptors (Lipinski definition) is 5. The lowest BCUT2D eigenvalue weighted by atomic mass is 10.1. The van der Waals surface area contributed by atoms with Gasteiger partial charge in [0, 0.05) is 6.92 Å². The third kappa shape index (κ3) is 2.30. The predicted octanol–water partition coefficient (Wildman–Crippen LogP) is 0.468. The Morgan fingerprint density at radius 1 is 1.40 bits per heavy atom. The van der Waals surface area contributed by atoms with E-state index in [1.165, 1.54) is 6.92 Å². The molecule has 0 amide bonds. The molecule has 0 bridgehead atoms. The summed E-state index contributed by atoms with van der Waals surface area (Å²) in [6.45, 7) is 5.93. The summed E-state index contributed by atoms with van der Waals surface area (Å²) in [6, 6.07) is 0. The minimum absolute atomic E-state index is 0.123. The number of hydrogen-bond donors (Lipinski definition) is 0. The maximum absolute atomic E-state index is 10.9. The monoisotopic (exact) mass is 216 g/mol. The van der Waals surface area contributed by atoms with Crippen LogP contribution in [0.1, 0.15) is 20.8 Å². The predicted molar refractivity (Wildman–Crippen MR) is 50.2 cm³/mol. The van der Waals surface area contributed by atoms with E-state index in [0.717, 1.165) is 0 Å². The Balaban J connectivity index is 2.02. The van der Waals surface area contributed by atoms with Gasteiger partial charge in [-0.05, 0) is 13.8 Å². The summed E-state index contributed by atoms with van der Waals surface area (Å²) in [6.07, 6.45) is -0.643. The Bertz CT molecular complexity index is 263. The van der Waals surface area contributed by atoms with E-state index in [1.54, 1.807) is 0 Å². The van der Waals surface area contributed by atoms with E-state index < -0.39 is 5.79 Å². The van der Waals surface area contributed by atoms with Crippen molar-refractivity contribution in [3.05, 3.63) is 0 Å². The van der Waals surface area contributed by atoms with Gasteiger partial charge in [-0.3, -0.25) is 4.79 Å². The zero-order valence-corrected chi connectivity index (χ0v) is 9.19. The first-order valence-electron chi connectivity index (χ1n) is 5.08. The number of esters is 1. The SMILES string of the molecule is CC(=O)O[C@H]1CO[C@@H]2COC(C)(C)O[C@H]12. The van der Waals surface area contributed by atoms with Crippen LogP contribution in [0.2, 0.25) is 0 Å². The Morgan fingerprint density at radius 2 is 2.13 bits per heavy atom. The normalized spacial score (nSPS) is 38.5. The molecule has 2 heterocycles. The van der Waals surface area contributed by atoms with Crippen LogP contribution in [-0.4, -0.2) is 43.3 Å². The smallest absolute Gasteiger partial charge is 0.303 e. The summed E-state index contributed by atoms with van der Waals surface area (Å²) in [5.41, 5.74) is 0. The molecular formula is C10H16O5. The lowest BCUT2D eigenvalue weighted by molar-refractivity contribution is -0.300. The van der Waals surface area contributed by atoms with Crippen molar-refractivity contribution in [2.75, 3.05) is 13.2 Å². The number of rotatable bonds is 1. The van der Waals surface area contributed by atoms with Crippen molar-refractivity contribution >= 4 is 5.97 Å². The van der Waals surface area contributed by atoms with Gasteiger partial charge in [0.1, 0.15) is 12.2 Å². The summed E-state index contributed by atoms with van der Waals surface area (Å²) < 4.78 is 21.7. The second-order valence-corrected chi connectivity index (χ2v) is 4.31. The van der Waals surface area contributed by atoms with E-state index in [4.69, 9.17) is 18.9 Å². The van der Waals surface area contributed by atoms with E-state index in [2.05, 4.69) is 0 Å². The first-order chi connectivity index (χ1) is 6.98. The van der Waals surface area contributed by atoms with Gasteiger partial charge in [-0.15, -0.1) is 0 Å². The molecule has 0 unspecified atom stereocenters. The zero-order chi connectivity index (χ0) is 11.1. The van der Waals surface area contributed by atoms with Gasteiger partial charge in [0.25, 0.3) is 0 Å². The standard InChI is InChI=1S/C10H16O5/c1-6(11)14-8-4-12-7-5-13-10(2,3)15-9(7)8/h7-9H,4-5H2,1-3H3/t7-,8+,9+/m1/s1. The largest absolute Gasteiger partial charge is 0.457 e. The molecule has 3 atom stereocenters. The molecule has 0 aromatic carbocycles. The highest BCUT2D eigenvalue weighted by molar-refractivity contribution is 5.66. The van der Waals surface area contributed by atoms with Crippen LogP contribution in [0.3, 0.4) is 0 Å². The minimum Gasteiger partial charge on any atom is -0.457 e. The number of carbonyl (C=O) groups is 1. The number of ether oxygens (including phenoxy) is 4. The molecule has 5 heteroatoms. The molecule has 0 radical (unpaired) electrons. The summed E-state index contributed by atoms with van der Waals surface area (Å²) in [7, 11) is 0. The second-order valence-electron chi connectivity index (χ2n) is 4.31. The summed E-state index contributed by atoms with van der Waals surface area (Å²) in [5, 5.41) is 0. The van der Waals surface area contributed by atoms with Crippen LogP contribution in [0.4, 0.5) is 0 Å². The van der Waals surface area contributed by atoms with Crippen LogP contribution >= 0.6 is 0 Å². The first kappa shape index (κ1) is 10.9. The van der Waals surface area contributed by atoms with Gasteiger partial charge in [0.15, 0.2) is 11.9 Å². The van der Waals surface area contributed by atoms with Crippen molar-refractivity contribution in [2.24, 2.45) is 0 Å². The van der Waals surface area contributed by atoms with Crippen LogP contribution in [-0.2, 0) is 23.7 Å². The third-order valence-corrected chi connectivity index (χ3v) is 2.54. The Hall–Kier alpha value is -0.650. The summed E-state index contributed by atoms with van der Waals surface area (Å²) in [5.74, 6) is -0.940. The Labute approximate surface area is 88.6 Å². The molecule has 2 fully saturated rings. The molecule has 5 nitrogen and oxygen atoms in total. The number of fused-ring (bicyclic) bond motifs is 1. The topological polar surface area (TPSA) is 54.0 Å². The molecule has 0 aliphatic carbocycles. The molecule has 2 rings (SSSR count). The van der Waals surface area contributed by atoms with Crippen LogP contribution in [0.15, 0.2) is 0 Å². The summed E-state index contributed by atoms with van der Waals surface area (Å²) >= 11 is 0. The average Bonchev–Trinajstić information content (AvgIpc) is 2.46. The van der Waals surface area contributed by atoms with Crippen molar-refractivity contribution in [1.82, 2.24) is 0 Å². The fourth-order valence-corrected chi connectivity index (χ4v) is 1.90. The van der Waals surface area contributed by atoms with E-state index in [1.807, 2.05) is 13.8 Å². The highest BCUT2D eigenvalue weighted by Gasteiger charge is 2.47. The quantitative estimate of drug-likeness (QED) is 0.596. The zero-order valence-electron chi connectivity index (χ0n) is 9.19. The van der Waals surface area contributed by atoms with E-state index in [0.29, 0.717) is 13.2 Å². The lowest BCUT2D eigenvalue weighted by Crippen LogP contribution is -2.50. The van der Waals surface area contributed by atoms with Gasteiger partial charge in [0.2, 0.25) is 0 Å². The highest BCUT2D eigenvalue weighted by atomic mass is 16.7. The molecule has 2 aliphatic heterocycles. The maximum atomic E-state index is 10.9. The molecule has 2 aliphatic rings. The fraction of sp³-hybridized carbons (Fsp3) is 0.900.